The molecule has 4 nitrogen and oxygen atoms in total. The summed E-state index contributed by atoms with van der Waals surface area (Å²) >= 11 is 1.68. The highest BCUT2D eigenvalue weighted by atomic mass is 32.2. The Morgan fingerprint density at radius 2 is 1.83 bits per heavy atom. The van der Waals surface area contributed by atoms with E-state index in [0.717, 1.165) is 44.6 Å². The molecule has 4 aromatic rings. The summed E-state index contributed by atoms with van der Waals surface area (Å²) in [5.41, 5.74) is 3.86. The third-order valence-electron chi connectivity index (χ3n) is 4.00. The van der Waals surface area contributed by atoms with Crippen molar-refractivity contribution in [2.24, 2.45) is 5.10 Å². The van der Waals surface area contributed by atoms with Crippen LogP contribution in [0.3, 0.4) is 0 Å². The Kier molecular flexibility index (Phi) is 3.06. The van der Waals surface area contributed by atoms with Gasteiger partial charge in [0.25, 0.3) is 0 Å². The van der Waals surface area contributed by atoms with E-state index < -0.39 is 0 Å². The third kappa shape index (κ3) is 2.25. The highest BCUT2D eigenvalue weighted by Gasteiger charge is 2.20. The van der Waals surface area contributed by atoms with Crippen molar-refractivity contribution >= 4 is 28.4 Å². The second kappa shape index (κ2) is 5.39. The first-order valence-corrected chi connectivity index (χ1v) is 8.70. The lowest BCUT2D eigenvalue weighted by molar-refractivity contribution is 0.601. The number of hydrogen-bond acceptors (Lipinski definition) is 4. The molecule has 0 amide bonds. The minimum atomic E-state index is 0.755. The van der Waals surface area contributed by atoms with Gasteiger partial charge in [-0.15, -0.1) is 0 Å². The largest absolute Gasteiger partial charge is 0.455 e. The molecule has 5 rings (SSSR count). The molecule has 0 aliphatic carbocycles. The van der Waals surface area contributed by atoms with Crippen molar-refractivity contribution in [3.8, 4) is 11.3 Å². The van der Waals surface area contributed by atoms with Crippen molar-refractivity contribution in [1.29, 1.82) is 0 Å². The fourth-order valence-electron chi connectivity index (χ4n) is 2.81. The third-order valence-corrected chi connectivity index (χ3v) is 4.96. The maximum atomic E-state index is 5.94. The van der Waals surface area contributed by atoms with E-state index >= 15 is 0 Å². The summed E-state index contributed by atoms with van der Waals surface area (Å²) in [5, 5.41) is 6.72. The Balaban J connectivity index is 1.56. The van der Waals surface area contributed by atoms with Gasteiger partial charge in [0.05, 0.1) is 11.9 Å². The summed E-state index contributed by atoms with van der Waals surface area (Å²) in [5.74, 6) is 1.58. The summed E-state index contributed by atoms with van der Waals surface area (Å²) in [7, 11) is 0. The molecule has 0 saturated carbocycles. The first-order valence-electron chi connectivity index (χ1n) is 7.71. The normalized spacial score (nSPS) is 13.8. The lowest BCUT2D eigenvalue weighted by atomic mass is 10.2. The molecule has 2 aromatic heterocycles. The number of aromatic nitrogens is 2. The number of benzene rings is 2. The van der Waals surface area contributed by atoms with E-state index in [9.17, 15) is 0 Å². The number of imidazole rings is 1. The molecular formula is C19H13N3OS. The van der Waals surface area contributed by atoms with Crippen molar-refractivity contribution in [2.45, 2.75) is 5.16 Å². The van der Waals surface area contributed by atoms with Crippen LogP contribution in [0.25, 0.3) is 22.2 Å². The van der Waals surface area contributed by atoms with Crippen molar-refractivity contribution in [3.05, 3.63) is 72.6 Å². The number of fused-ring (bicyclic) bond motifs is 2. The molecule has 116 valence electrons. The van der Waals surface area contributed by atoms with Gasteiger partial charge in [-0.2, -0.15) is 5.10 Å². The quantitative estimate of drug-likeness (QED) is 0.537. The van der Waals surface area contributed by atoms with E-state index in [0.29, 0.717) is 0 Å². The Bertz CT molecular complexity index is 1030. The molecule has 0 N–H and O–H groups in total. The van der Waals surface area contributed by atoms with Gasteiger partial charge in [0.2, 0.25) is 0 Å². The van der Waals surface area contributed by atoms with Gasteiger partial charge >= 0.3 is 0 Å². The fourth-order valence-corrected chi connectivity index (χ4v) is 3.66. The standard InChI is InChI=1S/C19H13N3OS/c1-2-6-13(7-3-1)15-11-22-19(20-15)24-12-16(21-22)18-10-14-8-4-5-9-17(14)23-18/h1-11H,12H2. The molecule has 0 atom stereocenters. The molecule has 2 aromatic carbocycles. The van der Waals surface area contributed by atoms with Gasteiger partial charge < -0.3 is 4.42 Å². The smallest absolute Gasteiger partial charge is 0.189 e. The van der Waals surface area contributed by atoms with E-state index in [4.69, 9.17) is 9.52 Å². The van der Waals surface area contributed by atoms with Crippen molar-refractivity contribution in [3.63, 3.8) is 0 Å². The summed E-state index contributed by atoms with van der Waals surface area (Å²) < 4.78 is 7.78. The van der Waals surface area contributed by atoms with Crippen LogP contribution in [0, 0.1) is 0 Å². The predicted molar refractivity (Wildman–Crippen MR) is 96.5 cm³/mol. The number of rotatable bonds is 2. The molecule has 0 spiro atoms. The zero-order valence-corrected chi connectivity index (χ0v) is 13.5. The average Bonchev–Trinajstić information content (AvgIpc) is 3.25. The van der Waals surface area contributed by atoms with Gasteiger partial charge in [0, 0.05) is 16.7 Å². The maximum Gasteiger partial charge on any atom is 0.189 e. The molecule has 3 heterocycles. The topological polar surface area (TPSA) is 43.3 Å². The van der Waals surface area contributed by atoms with E-state index in [1.165, 1.54) is 0 Å². The summed E-state index contributed by atoms with van der Waals surface area (Å²) in [4.78, 5) is 4.68. The molecule has 5 heteroatoms. The molecule has 0 saturated heterocycles. The summed E-state index contributed by atoms with van der Waals surface area (Å²) in [6.45, 7) is 0. The monoisotopic (exact) mass is 331 g/mol. The Morgan fingerprint density at radius 1 is 1.00 bits per heavy atom. The lowest BCUT2D eigenvalue weighted by Crippen LogP contribution is -2.11. The van der Waals surface area contributed by atoms with Crippen LogP contribution in [0.4, 0.5) is 0 Å². The Morgan fingerprint density at radius 3 is 2.71 bits per heavy atom. The van der Waals surface area contributed by atoms with Crippen LogP contribution in [0.1, 0.15) is 5.76 Å². The predicted octanol–water partition coefficient (Wildman–Crippen LogP) is 4.65. The van der Waals surface area contributed by atoms with Crippen molar-refractivity contribution in [1.82, 2.24) is 9.66 Å². The molecule has 0 unspecified atom stereocenters. The van der Waals surface area contributed by atoms with E-state index in [1.807, 2.05) is 47.3 Å². The molecule has 1 aliphatic rings. The maximum absolute atomic E-state index is 5.94. The van der Waals surface area contributed by atoms with Crippen LogP contribution in [-0.4, -0.2) is 21.1 Å². The Labute approximate surface area is 142 Å². The zero-order valence-electron chi connectivity index (χ0n) is 12.7. The summed E-state index contributed by atoms with van der Waals surface area (Å²) in [6.07, 6.45) is 1.97. The van der Waals surface area contributed by atoms with Crippen molar-refractivity contribution in [2.75, 3.05) is 5.75 Å². The van der Waals surface area contributed by atoms with Crippen LogP contribution in [0.5, 0.6) is 0 Å². The van der Waals surface area contributed by atoms with Gasteiger partial charge in [-0.25, -0.2) is 9.66 Å². The Hall–Kier alpha value is -2.79. The van der Waals surface area contributed by atoms with Gasteiger partial charge in [-0.3, -0.25) is 0 Å². The second-order valence-electron chi connectivity index (χ2n) is 5.60. The minimum Gasteiger partial charge on any atom is -0.455 e. The fraction of sp³-hybridized carbons (Fsp3) is 0.0526. The van der Waals surface area contributed by atoms with Crippen LogP contribution >= 0.6 is 11.8 Å². The van der Waals surface area contributed by atoms with E-state index in [1.54, 1.807) is 11.8 Å². The van der Waals surface area contributed by atoms with Gasteiger partial charge in [0.15, 0.2) is 10.9 Å². The molecular weight excluding hydrogens is 318 g/mol. The summed E-state index contributed by atoms with van der Waals surface area (Å²) in [6, 6.07) is 20.2. The van der Waals surface area contributed by atoms with Crippen molar-refractivity contribution < 1.29 is 4.42 Å². The highest BCUT2D eigenvalue weighted by Crippen LogP contribution is 2.29. The molecule has 1 aliphatic heterocycles. The molecule has 0 bridgehead atoms. The van der Waals surface area contributed by atoms with Crippen LogP contribution in [0.2, 0.25) is 0 Å². The number of furan rings is 1. The van der Waals surface area contributed by atoms with Crippen LogP contribution < -0.4 is 0 Å². The zero-order chi connectivity index (χ0) is 15.9. The minimum absolute atomic E-state index is 0.755. The van der Waals surface area contributed by atoms with Gasteiger partial charge in [-0.05, 0) is 12.1 Å². The van der Waals surface area contributed by atoms with Gasteiger partial charge in [-0.1, -0.05) is 60.3 Å². The first-order chi connectivity index (χ1) is 11.9. The second-order valence-corrected chi connectivity index (χ2v) is 6.55. The molecule has 0 radical (unpaired) electrons. The average molecular weight is 331 g/mol. The highest BCUT2D eigenvalue weighted by molar-refractivity contribution is 7.99. The number of hydrogen-bond donors (Lipinski definition) is 0. The number of para-hydroxylation sites is 1. The number of thioether (sulfide) groups is 1. The van der Waals surface area contributed by atoms with E-state index in [2.05, 4.69) is 29.2 Å². The number of nitrogens with zero attached hydrogens (tertiary/aromatic N) is 3. The van der Waals surface area contributed by atoms with E-state index in [-0.39, 0.29) is 0 Å². The SMILES string of the molecule is c1ccc(-c2cn3c(n2)SCC(c2cc4ccccc4o2)=N3)cc1. The van der Waals surface area contributed by atoms with Gasteiger partial charge in [0.1, 0.15) is 11.3 Å². The van der Waals surface area contributed by atoms with Crippen LogP contribution in [0.15, 0.2) is 81.5 Å². The lowest BCUT2D eigenvalue weighted by Gasteiger charge is -2.10. The molecule has 24 heavy (non-hydrogen) atoms. The molecule has 0 fully saturated rings. The first kappa shape index (κ1) is 13.6. The van der Waals surface area contributed by atoms with Crippen LogP contribution in [-0.2, 0) is 0 Å².